The molecular weight excluding hydrogens is 657 g/mol. The molecule has 47 heavy (non-hydrogen) atoms. The Kier molecular flexibility index (Phi) is 10.5. The summed E-state index contributed by atoms with van der Waals surface area (Å²) in [5.41, 5.74) is -0.0204. The van der Waals surface area contributed by atoms with Gasteiger partial charge in [-0.25, -0.2) is 9.97 Å². The quantitative estimate of drug-likeness (QED) is 0.0740. The molecule has 0 N–H and O–H groups in total. The summed E-state index contributed by atoms with van der Waals surface area (Å²) in [6.45, 7) is 6.38. The molecule has 0 amide bonds. The summed E-state index contributed by atoms with van der Waals surface area (Å²) in [5, 5.41) is 1.87. The third-order valence-electron chi connectivity index (χ3n) is 8.20. The topological polar surface area (TPSA) is 75.5 Å². The van der Waals surface area contributed by atoms with Crippen LogP contribution in [0, 0.1) is 0 Å². The van der Waals surface area contributed by atoms with Crippen molar-refractivity contribution in [3.8, 4) is 11.5 Å². The minimum absolute atomic E-state index is 0.0516. The van der Waals surface area contributed by atoms with Gasteiger partial charge in [0.15, 0.2) is 20.5 Å². The molecule has 7 nitrogen and oxygen atoms in total. The van der Waals surface area contributed by atoms with Crippen molar-refractivity contribution >= 4 is 52.1 Å². The first-order valence-electron chi connectivity index (χ1n) is 15.2. The summed E-state index contributed by atoms with van der Waals surface area (Å²) in [6.07, 6.45) is 1.31. The van der Waals surface area contributed by atoms with Gasteiger partial charge < -0.3 is 13.9 Å². The minimum atomic E-state index is -3.44. The van der Waals surface area contributed by atoms with E-state index < -0.39 is 32.0 Å². The Morgan fingerprint density at radius 2 is 1.55 bits per heavy atom. The number of aromatic nitrogens is 3. The molecule has 0 aliphatic heterocycles. The lowest BCUT2D eigenvalue weighted by atomic mass is 10.1. The van der Waals surface area contributed by atoms with Crippen molar-refractivity contribution < 1.29 is 22.7 Å². The van der Waals surface area contributed by atoms with E-state index >= 15 is 8.78 Å². The van der Waals surface area contributed by atoms with Crippen molar-refractivity contribution in [3.05, 3.63) is 101 Å². The van der Waals surface area contributed by atoms with E-state index in [1.165, 1.54) is 26.0 Å². The normalized spacial score (nSPS) is 12.4. The van der Waals surface area contributed by atoms with Gasteiger partial charge in [-0.1, -0.05) is 105 Å². The highest BCUT2D eigenvalue weighted by Gasteiger charge is 2.50. The fraction of sp³-hybridized carbons (Fsp3) is 0.343. The number of ether oxygens (including phenoxy) is 2. The maximum Gasteiger partial charge on any atom is 0.305 e. The Hall–Kier alpha value is -3.58. The van der Waals surface area contributed by atoms with E-state index in [9.17, 15) is 4.79 Å². The number of rotatable bonds is 13. The third-order valence-corrected chi connectivity index (χ3v) is 15.2. The average Bonchev–Trinajstić information content (AvgIpc) is 3.50. The smallest absolute Gasteiger partial charge is 0.305 e. The molecule has 0 radical (unpaired) electrons. The lowest BCUT2D eigenvalue weighted by Gasteiger charge is -2.43. The van der Waals surface area contributed by atoms with Crippen LogP contribution in [0.5, 0.6) is 11.5 Å². The van der Waals surface area contributed by atoms with Crippen LogP contribution < -0.4 is 25.4 Å². The lowest BCUT2D eigenvalue weighted by molar-refractivity contribution is -0.0310. The number of nitrogens with zero attached hydrogens (tertiary/aromatic N) is 3. The maximum absolute atomic E-state index is 16.4. The van der Waals surface area contributed by atoms with Crippen LogP contribution in [-0.4, -0.2) is 49.9 Å². The fourth-order valence-electron chi connectivity index (χ4n) is 5.95. The van der Waals surface area contributed by atoms with E-state index in [-0.39, 0.29) is 35.0 Å². The summed E-state index contributed by atoms with van der Waals surface area (Å²) in [6, 6.07) is 25.2. The number of benzene rings is 3. The SMILES string of the molecule is COc1ccc(Cn2c(C(F)(F)CCCO[Si](c3ccccc3)(c3ccccc3)C(C)(C)C)nc3sc(SC)nc3c2=O)c(OC)c1. The van der Waals surface area contributed by atoms with Crippen molar-refractivity contribution in [2.24, 2.45) is 0 Å². The molecule has 0 aliphatic carbocycles. The Labute approximate surface area is 283 Å². The van der Waals surface area contributed by atoms with Crippen LogP contribution in [0.1, 0.15) is 45.0 Å². The molecule has 0 saturated carbocycles. The predicted molar refractivity (Wildman–Crippen MR) is 189 cm³/mol. The second kappa shape index (κ2) is 14.3. The van der Waals surface area contributed by atoms with Gasteiger partial charge in [0.2, 0.25) is 0 Å². The van der Waals surface area contributed by atoms with Gasteiger partial charge in [0.1, 0.15) is 11.5 Å². The molecule has 0 bridgehead atoms. The van der Waals surface area contributed by atoms with Crippen molar-refractivity contribution in [3.63, 3.8) is 0 Å². The second-order valence-electron chi connectivity index (χ2n) is 12.2. The zero-order chi connectivity index (χ0) is 33.8. The second-order valence-corrected chi connectivity index (χ2v) is 18.5. The van der Waals surface area contributed by atoms with Gasteiger partial charge in [-0.15, -0.1) is 0 Å². The molecule has 12 heteroatoms. The summed E-state index contributed by atoms with van der Waals surface area (Å²) >= 11 is 2.47. The Bertz CT molecular complexity index is 1840. The Balaban J connectivity index is 1.49. The van der Waals surface area contributed by atoms with E-state index in [2.05, 4.69) is 55.0 Å². The number of hydrogen-bond donors (Lipinski definition) is 0. The van der Waals surface area contributed by atoms with Crippen LogP contribution in [0.15, 0.2) is 88.0 Å². The molecule has 0 unspecified atom stereocenters. The summed E-state index contributed by atoms with van der Waals surface area (Å²) in [5.74, 6) is -3.09. The lowest BCUT2D eigenvalue weighted by Crippen LogP contribution is -2.66. The molecule has 0 atom stereocenters. The summed E-state index contributed by atoms with van der Waals surface area (Å²) in [4.78, 5) is 22.7. The zero-order valence-electron chi connectivity index (χ0n) is 27.4. The highest BCUT2D eigenvalue weighted by atomic mass is 32.2. The average molecular weight is 696 g/mol. The molecule has 0 saturated heterocycles. The molecule has 0 aliphatic rings. The van der Waals surface area contributed by atoms with Gasteiger partial charge in [-0.05, 0) is 40.2 Å². The number of fused-ring (bicyclic) bond motifs is 1. The van der Waals surface area contributed by atoms with E-state index in [1.54, 1.807) is 18.2 Å². The highest BCUT2D eigenvalue weighted by molar-refractivity contribution is 8.00. The zero-order valence-corrected chi connectivity index (χ0v) is 30.0. The number of halogens is 2. The molecule has 5 rings (SSSR count). The van der Waals surface area contributed by atoms with Gasteiger partial charge in [-0.2, -0.15) is 8.78 Å². The molecule has 5 aromatic rings. The van der Waals surface area contributed by atoms with Crippen LogP contribution in [-0.2, 0) is 16.9 Å². The van der Waals surface area contributed by atoms with E-state index in [0.29, 0.717) is 21.4 Å². The summed E-state index contributed by atoms with van der Waals surface area (Å²) in [7, 11) is 0.107. The fourth-order valence-corrected chi connectivity index (χ4v) is 12.0. The van der Waals surface area contributed by atoms with E-state index in [0.717, 1.165) is 26.3 Å². The van der Waals surface area contributed by atoms with Gasteiger partial charge >= 0.3 is 5.92 Å². The first-order chi connectivity index (χ1) is 22.4. The van der Waals surface area contributed by atoms with Gasteiger partial charge in [0, 0.05) is 24.7 Å². The molecular formula is C35H39F2N3O4S2Si. The molecule has 0 fully saturated rings. The highest BCUT2D eigenvalue weighted by Crippen LogP contribution is 2.38. The third kappa shape index (κ3) is 7.01. The van der Waals surface area contributed by atoms with Crippen LogP contribution in [0.25, 0.3) is 10.3 Å². The number of hydrogen-bond acceptors (Lipinski definition) is 8. The molecule has 2 aromatic heterocycles. The number of thiazole rings is 1. The van der Waals surface area contributed by atoms with Gasteiger partial charge in [0.25, 0.3) is 13.9 Å². The van der Waals surface area contributed by atoms with Crippen LogP contribution in [0.3, 0.4) is 0 Å². The summed E-state index contributed by atoms with van der Waals surface area (Å²) < 4.78 is 52.0. The maximum atomic E-state index is 16.4. The predicted octanol–water partition coefficient (Wildman–Crippen LogP) is 7.09. The Morgan fingerprint density at radius 3 is 2.11 bits per heavy atom. The Morgan fingerprint density at radius 1 is 0.915 bits per heavy atom. The number of alkyl halides is 2. The van der Waals surface area contributed by atoms with Crippen molar-refractivity contribution in [1.82, 2.24) is 14.5 Å². The van der Waals surface area contributed by atoms with E-state index in [1.807, 2.05) is 42.7 Å². The van der Waals surface area contributed by atoms with Gasteiger partial charge in [-0.3, -0.25) is 9.36 Å². The number of methoxy groups -OCH3 is 2. The minimum Gasteiger partial charge on any atom is -0.497 e. The molecule has 2 heterocycles. The monoisotopic (exact) mass is 695 g/mol. The van der Waals surface area contributed by atoms with Crippen molar-refractivity contribution in [2.45, 2.75) is 55.5 Å². The van der Waals surface area contributed by atoms with Crippen LogP contribution in [0.2, 0.25) is 5.04 Å². The largest absolute Gasteiger partial charge is 0.497 e. The van der Waals surface area contributed by atoms with Crippen molar-refractivity contribution in [1.29, 1.82) is 0 Å². The van der Waals surface area contributed by atoms with Crippen LogP contribution >= 0.6 is 23.1 Å². The number of thioether (sulfide) groups is 1. The standard InChI is InChI=1S/C35H39F2N3O4S2Si/c1-34(2,3)47(26-14-9-7-10-15-26,27-16-11-8-12-17-27)44-21-13-20-35(36,37)32-39-30-29(38-33(45-6)46-30)31(41)40(32)23-24-18-19-25(42-4)22-28(24)43-5/h7-12,14-19,22H,13,20-21,23H2,1-6H3. The first-order valence-corrected chi connectivity index (χ1v) is 19.2. The molecule has 0 spiro atoms. The van der Waals surface area contributed by atoms with Crippen LogP contribution in [0.4, 0.5) is 8.78 Å². The van der Waals surface area contributed by atoms with Gasteiger partial charge in [0.05, 0.1) is 20.8 Å². The molecule has 248 valence electrons. The van der Waals surface area contributed by atoms with E-state index in [4.69, 9.17) is 13.9 Å². The first kappa shape index (κ1) is 34.7. The van der Waals surface area contributed by atoms with Crippen molar-refractivity contribution in [2.75, 3.05) is 27.1 Å². The molecule has 3 aromatic carbocycles.